The van der Waals surface area contributed by atoms with Gasteiger partial charge in [-0.3, -0.25) is 4.79 Å². The monoisotopic (exact) mass is 271 g/mol. The molecule has 8 atom stereocenters. The highest BCUT2D eigenvalue weighted by Crippen LogP contribution is 3.11. The summed E-state index contributed by atoms with van der Waals surface area (Å²) < 4.78 is 0. The van der Waals surface area contributed by atoms with Crippen molar-refractivity contribution in [1.29, 1.82) is 0 Å². The Morgan fingerprint density at radius 3 is 2.15 bits per heavy atom. The average molecular weight is 271 g/mol. The van der Waals surface area contributed by atoms with Crippen LogP contribution in [0, 0.1) is 46.3 Å². The summed E-state index contributed by atoms with van der Waals surface area (Å²) in [5, 5.41) is 0. The van der Waals surface area contributed by atoms with Crippen molar-refractivity contribution in [3.8, 4) is 0 Å². The van der Waals surface area contributed by atoms with Crippen LogP contribution in [0.15, 0.2) is 12.7 Å². The zero-order chi connectivity index (χ0) is 14.2. The van der Waals surface area contributed by atoms with E-state index in [1.165, 1.54) is 0 Å². The molecule has 6 aliphatic carbocycles. The highest BCUT2D eigenvalue weighted by molar-refractivity contribution is 5.93. The second-order valence-corrected chi connectivity index (χ2v) is 8.56. The predicted molar refractivity (Wildman–Crippen MR) is 77.7 cm³/mol. The van der Waals surface area contributed by atoms with Crippen LogP contribution in [0.2, 0.25) is 0 Å². The Morgan fingerprint density at radius 1 is 1.10 bits per heavy atom. The molecule has 0 bridgehead atoms. The first-order valence-corrected chi connectivity index (χ1v) is 8.41. The van der Waals surface area contributed by atoms with Gasteiger partial charge in [-0.1, -0.05) is 6.08 Å². The van der Waals surface area contributed by atoms with E-state index in [9.17, 15) is 4.79 Å². The van der Waals surface area contributed by atoms with Crippen LogP contribution in [0.5, 0.6) is 0 Å². The molecule has 6 fully saturated rings. The van der Waals surface area contributed by atoms with Gasteiger partial charge < -0.3 is 4.90 Å². The third-order valence-electron chi connectivity index (χ3n) is 7.82. The fourth-order valence-electron chi connectivity index (χ4n) is 7.97. The van der Waals surface area contributed by atoms with E-state index in [0.717, 1.165) is 41.9 Å². The molecule has 20 heavy (non-hydrogen) atoms. The second-order valence-electron chi connectivity index (χ2n) is 8.56. The van der Waals surface area contributed by atoms with E-state index >= 15 is 0 Å². The number of hydrogen-bond acceptors (Lipinski definition) is 1. The van der Waals surface area contributed by atoms with Gasteiger partial charge in [0.15, 0.2) is 0 Å². The first kappa shape index (κ1) is 11.8. The molecule has 108 valence electrons. The van der Waals surface area contributed by atoms with E-state index in [1.807, 2.05) is 0 Å². The zero-order valence-corrected chi connectivity index (χ0v) is 13.0. The van der Waals surface area contributed by atoms with Crippen molar-refractivity contribution in [1.82, 2.24) is 4.90 Å². The molecule has 0 radical (unpaired) electrons. The van der Waals surface area contributed by atoms with Crippen LogP contribution in [-0.4, -0.2) is 22.9 Å². The van der Waals surface area contributed by atoms with Crippen LogP contribution >= 0.6 is 0 Å². The molecule has 0 saturated heterocycles. The number of carbonyl (C=O) groups excluding carboxylic acids is 1. The van der Waals surface area contributed by atoms with Crippen LogP contribution in [0.4, 0.5) is 0 Å². The molecule has 6 rings (SSSR count). The maximum absolute atomic E-state index is 13.5. The summed E-state index contributed by atoms with van der Waals surface area (Å²) in [4.78, 5) is 15.6. The Morgan fingerprint density at radius 2 is 1.70 bits per heavy atom. The maximum Gasteiger partial charge on any atom is 0.230 e. The molecule has 8 unspecified atom stereocenters. The normalized spacial score (nSPS) is 57.9. The van der Waals surface area contributed by atoms with E-state index < -0.39 is 0 Å². The van der Waals surface area contributed by atoms with Crippen molar-refractivity contribution < 1.29 is 4.79 Å². The lowest BCUT2D eigenvalue weighted by Crippen LogP contribution is -2.69. The number of nitrogens with zero attached hydrogens (tertiary/aromatic N) is 1. The highest BCUT2D eigenvalue weighted by Gasteiger charge is 3.11. The molecule has 2 heteroatoms. The van der Waals surface area contributed by atoms with E-state index in [1.54, 1.807) is 0 Å². The number of rotatable bonds is 5. The fourth-order valence-corrected chi connectivity index (χ4v) is 7.97. The Labute approximate surface area is 121 Å². The molecular formula is C18H25NO. The van der Waals surface area contributed by atoms with Crippen LogP contribution in [0.3, 0.4) is 0 Å². The Bertz CT molecular complexity index is 544. The quantitative estimate of drug-likeness (QED) is 0.704. The molecule has 6 aliphatic rings. The SMILES string of the molecule is C=CCC12C3C4C5C4C1(C(=O)N(C(C)C)C(C)C)C5C32. The number of hydrogen-bond donors (Lipinski definition) is 0. The predicted octanol–water partition coefficient (Wildman–Crippen LogP) is 2.95. The van der Waals surface area contributed by atoms with E-state index in [2.05, 4.69) is 45.2 Å². The number of allylic oxidation sites excluding steroid dienone is 1. The molecule has 1 amide bonds. The van der Waals surface area contributed by atoms with Crippen molar-refractivity contribution in [3.05, 3.63) is 12.7 Å². The van der Waals surface area contributed by atoms with Gasteiger partial charge in [-0.05, 0) is 75.0 Å². The minimum atomic E-state index is 0.0698. The fraction of sp³-hybridized carbons (Fsp3) is 0.833. The molecule has 2 nitrogen and oxygen atoms in total. The van der Waals surface area contributed by atoms with Crippen molar-refractivity contribution in [2.45, 2.75) is 46.2 Å². The average Bonchev–Trinajstić information content (AvgIpc) is 3.10. The topological polar surface area (TPSA) is 20.3 Å². The molecule has 0 aliphatic heterocycles. The molecule has 0 N–H and O–H groups in total. The smallest absolute Gasteiger partial charge is 0.230 e. The van der Waals surface area contributed by atoms with Gasteiger partial charge in [-0.2, -0.15) is 0 Å². The van der Waals surface area contributed by atoms with Gasteiger partial charge in [0.05, 0.1) is 5.41 Å². The van der Waals surface area contributed by atoms with E-state index in [4.69, 9.17) is 0 Å². The van der Waals surface area contributed by atoms with Gasteiger partial charge in [-0.25, -0.2) is 0 Å². The summed E-state index contributed by atoms with van der Waals surface area (Å²) in [5.74, 6) is 5.77. The van der Waals surface area contributed by atoms with Gasteiger partial charge >= 0.3 is 0 Å². The van der Waals surface area contributed by atoms with Crippen molar-refractivity contribution in [2.24, 2.45) is 46.3 Å². The van der Waals surface area contributed by atoms with Gasteiger partial charge in [0.25, 0.3) is 0 Å². The Hall–Kier alpha value is -0.790. The van der Waals surface area contributed by atoms with E-state index in [-0.39, 0.29) is 5.41 Å². The first-order valence-electron chi connectivity index (χ1n) is 8.41. The zero-order valence-electron chi connectivity index (χ0n) is 13.0. The maximum atomic E-state index is 13.5. The lowest BCUT2D eigenvalue weighted by molar-refractivity contribution is -0.200. The molecular weight excluding hydrogens is 246 g/mol. The molecule has 0 aromatic rings. The second kappa shape index (κ2) is 2.89. The van der Waals surface area contributed by atoms with Gasteiger partial charge in [0.1, 0.15) is 0 Å². The third kappa shape index (κ3) is 0.739. The van der Waals surface area contributed by atoms with Gasteiger partial charge in [0.2, 0.25) is 5.91 Å². The lowest BCUT2D eigenvalue weighted by atomic mass is 9.40. The van der Waals surface area contributed by atoms with Gasteiger partial charge in [0, 0.05) is 12.1 Å². The third-order valence-corrected chi connectivity index (χ3v) is 7.82. The molecule has 0 aromatic heterocycles. The molecule has 0 heterocycles. The van der Waals surface area contributed by atoms with Crippen molar-refractivity contribution in [3.63, 3.8) is 0 Å². The lowest BCUT2D eigenvalue weighted by Gasteiger charge is -2.63. The first-order chi connectivity index (χ1) is 9.47. The largest absolute Gasteiger partial charge is 0.337 e. The summed E-state index contributed by atoms with van der Waals surface area (Å²) in [7, 11) is 0. The van der Waals surface area contributed by atoms with Crippen LogP contribution in [-0.2, 0) is 4.79 Å². The minimum absolute atomic E-state index is 0.0698. The summed E-state index contributed by atoms with van der Waals surface area (Å²) in [5.41, 5.74) is 0.447. The summed E-state index contributed by atoms with van der Waals surface area (Å²) in [6.07, 6.45) is 3.18. The number of amides is 1. The van der Waals surface area contributed by atoms with Crippen LogP contribution in [0.1, 0.15) is 34.1 Å². The van der Waals surface area contributed by atoms with Gasteiger partial charge in [-0.15, -0.1) is 6.58 Å². The molecule has 6 saturated carbocycles. The van der Waals surface area contributed by atoms with Crippen LogP contribution in [0.25, 0.3) is 0 Å². The standard InChI is InChI=1S/C18H25NO/c1-6-7-17-13-10-11-12(10)18(17,14(11)15(13)17)16(20)19(8(2)3)9(4)5/h6,8-15H,1,7H2,2-5H3. The Kier molecular flexibility index (Phi) is 1.71. The minimum Gasteiger partial charge on any atom is -0.337 e. The summed E-state index contributed by atoms with van der Waals surface area (Å²) >= 11 is 0. The van der Waals surface area contributed by atoms with E-state index in [0.29, 0.717) is 23.4 Å². The number of carbonyl (C=O) groups is 1. The highest BCUT2D eigenvalue weighted by atomic mass is 16.2. The summed E-state index contributed by atoms with van der Waals surface area (Å²) in [6, 6.07) is 0.646. The summed E-state index contributed by atoms with van der Waals surface area (Å²) in [6.45, 7) is 12.7. The van der Waals surface area contributed by atoms with Crippen LogP contribution < -0.4 is 0 Å². The van der Waals surface area contributed by atoms with Crippen molar-refractivity contribution >= 4 is 5.91 Å². The molecule has 0 aromatic carbocycles. The Balaban J connectivity index is 1.55. The molecule has 0 spiro atoms. The van der Waals surface area contributed by atoms with Crippen molar-refractivity contribution in [2.75, 3.05) is 0 Å².